The average Bonchev–Trinajstić information content (AvgIpc) is 3.87. The first kappa shape index (κ1) is 31.0. The van der Waals surface area contributed by atoms with Crippen LogP contribution >= 0.6 is 22.7 Å². The summed E-state index contributed by atoms with van der Waals surface area (Å²) in [7, 11) is -8.81. The number of para-hydroxylation sites is 2. The van der Waals surface area contributed by atoms with Crippen LogP contribution in [0, 0.1) is 0 Å². The summed E-state index contributed by atoms with van der Waals surface area (Å²) in [4.78, 5) is 0. The molecule has 2 saturated heterocycles. The predicted molar refractivity (Wildman–Crippen MR) is 195 cm³/mol. The fourth-order valence-corrected chi connectivity index (χ4v) is 21.2. The second kappa shape index (κ2) is 12.7. The summed E-state index contributed by atoms with van der Waals surface area (Å²) < 4.78 is 42.9. The van der Waals surface area contributed by atoms with Crippen LogP contribution in [0.4, 0.5) is 0 Å². The van der Waals surface area contributed by atoms with Gasteiger partial charge in [-0.15, -0.1) is 4.52 Å². The van der Waals surface area contributed by atoms with Gasteiger partial charge >= 0.3 is 15.2 Å². The van der Waals surface area contributed by atoms with Gasteiger partial charge in [0.15, 0.2) is 0 Å². The number of hydrogen-bond donors (Lipinski definition) is 0. The van der Waals surface area contributed by atoms with Crippen molar-refractivity contribution in [3.63, 3.8) is 0 Å². The van der Waals surface area contributed by atoms with E-state index in [1.54, 1.807) is 0 Å². The highest BCUT2D eigenvalue weighted by Crippen LogP contribution is 2.84. The third kappa shape index (κ3) is 5.54. The van der Waals surface area contributed by atoms with E-state index in [1.807, 2.05) is 0 Å². The molecule has 2 spiro atoms. The molecule has 0 aliphatic carbocycles. The highest BCUT2D eigenvalue weighted by molar-refractivity contribution is 7.81. The van der Waals surface area contributed by atoms with Crippen molar-refractivity contribution in [1.29, 1.82) is 0 Å². The SMILES string of the molecule is c1ccc(CN2Cc3ccccc3OP23=NP2(=NP(N4CCCC4)(N4CCCC4)=N3)Oc3ccccc3CN2Cc2ccccc2)cc1. The van der Waals surface area contributed by atoms with Gasteiger partial charge in [-0.25, -0.2) is 18.7 Å². The molecule has 2 unspecified atom stereocenters. The molecule has 0 radical (unpaired) electrons. The first-order valence-electron chi connectivity index (χ1n) is 17.2. The third-order valence-corrected chi connectivity index (χ3v) is 20.8. The van der Waals surface area contributed by atoms with E-state index in [2.05, 4.69) is 128 Å². The minimum absolute atomic E-state index is 0.686. The van der Waals surface area contributed by atoms with Crippen LogP contribution in [0.2, 0.25) is 0 Å². The normalized spacial score (nSPS) is 26.9. The standard InChI is InChI=1S/C36H42N7O2P3/c1-3-15-31(16-4-1)27-42-29-33-19-7-9-21-35(33)44-47(42)37-46(40-23-11-12-24-40,41-25-13-14-26-41)38-48(39-47)43(28-32-17-5-2-6-18-32)30-34-20-8-10-22-36(34)45-48/h1-10,15-22H,11-14,23-30H2. The highest BCUT2D eigenvalue weighted by Gasteiger charge is 2.53. The van der Waals surface area contributed by atoms with Crippen molar-refractivity contribution in [2.45, 2.75) is 51.9 Å². The van der Waals surface area contributed by atoms with Crippen LogP contribution in [0.5, 0.6) is 11.5 Å². The van der Waals surface area contributed by atoms with Crippen molar-refractivity contribution in [2.75, 3.05) is 26.2 Å². The lowest BCUT2D eigenvalue weighted by Gasteiger charge is -2.48. The summed E-state index contributed by atoms with van der Waals surface area (Å²) in [5.41, 5.74) is 4.79. The molecular formula is C36H42N7O2P3. The number of hydrogen-bond acceptors (Lipinski definition) is 9. The number of rotatable bonds is 6. The first-order valence-corrected chi connectivity index (χ1v) is 21.9. The lowest BCUT2D eigenvalue weighted by atomic mass is 10.2. The summed E-state index contributed by atoms with van der Waals surface area (Å²) in [6, 6.07) is 38.4. The molecule has 4 aromatic carbocycles. The molecule has 4 aromatic rings. The molecule has 5 aliphatic heterocycles. The summed E-state index contributed by atoms with van der Waals surface area (Å²) in [6.07, 6.45) is 4.63. The van der Waals surface area contributed by atoms with Gasteiger partial charge in [-0.05, 0) is 48.9 Å². The monoisotopic (exact) mass is 697 g/mol. The van der Waals surface area contributed by atoms with Crippen molar-refractivity contribution >= 4 is 22.7 Å². The fraction of sp³-hybridized carbons (Fsp3) is 0.333. The molecule has 0 N–H and O–H groups in total. The van der Waals surface area contributed by atoms with Gasteiger partial charge in [-0.2, -0.15) is 9.03 Å². The van der Waals surface area contributed by atoms with Crippen LogP contribution in [-0.2, 0) is 26.2 Å². The molecule has 0 aromatic heterocycles. The van der Waals surface area contributed by atoms with Gasteiger partial charge in [0, 0.05) is 63.5 Å². The zero-order valence-electron chi connectivity index (χ0n) is 27.2. The molecule has 2 atom stereocenters. The molecular weight excluding hydrogens is 655 g/mol. The summed E-state index contributed by atoms with van der Waals surface area (Å²) in [6.45, 7) is 6.74. The van der Waals surface area contributed by atoms with E-state index in [-0.39, 0.29) is 0 Å². The van der Waals surface area contributed by atoms with Crippen LogP contribution < -0.4 is 9.05 Å². The van der Waals surface area contributed by atoms with E-state index < -0.39 is 22.7 Å². The van der Waals surface area contributed by atoms with E-state index in [1.165, 1.54) is 22.3 Å². The van der Waals surface area contributed by atoms with Crippen LogP contribution in [0.15, 0.2) is 123 Å². The van der Waals surface area contributed by atoms with Gasteiger partial charge in [0.05, 0.1) is 0 Å². The van der Waals surface area contributed by atoms with Gasteiger partial charge in [0.25, 0.3) is 0 Å². The quantitative estimate of drug-likeness (QED) is 0.187. The molecule has 248 valence electrons. The van der Waals surface area contributed by atoms with Crippen molar-refractivity contribution in [1.82, 2.24) is 18.7 Å². The Hall–Kier alpha value is -2.99. The largest absolute Gasteiger partial charge is 0.430 e. The van der Waals surface area contributed by atoms with E-state index >= 15 is 0 Å². The minimum atomic E-state index is -3.07. The van der Waals surface area contributed by atoms with E-state index in [4.69, 9.17) is 22.6 Å². The Morgan fingerprint density at radius 2 is 0.896 bits per heavy atom. The highest BCUT2D eigenvalue weighted by atomic mass is 31.3. The molecule has 48 heavy (non-hydrogen) atoms. The molecule has 2 fully saturated rings. The molecule has 12 heteroatoms. The second-order valence-corrected chi connectivity index (χ2v) is 21.1. The first-order chi connectivity index (χ1) is 23.6. The van der Waals surface area contributed by atoms with Crippen LogP contribution in [0.3, 0.4) is 0 Å². The van der Waals surface area contributed by atoms with Crippen molar-refractivity contribution in [3.8, 4) is 11.5 Å². The van der Waals surface area contributed by atoms with Crippen molar-refractivity contribution in [2.24, 2.45) is 13.5 Å². The Bertz CT molecular complexity index is 1860. The minimum Gasteiger partial charge on any atom is -0.430 e. The average molecular weight is 698 g/mol. The zero-order valence-corrected chi connectivity index (χ0v) is 29.8. The maximum Gasteiger partial charge on any atom is 0.336 e. The molecule has 9 nitrogen and oxygen atoms in total. The van der Waals surface area contributed by atoms with E-state index in [0.29, 0.717) is 26.2 Å². The third-order valence-electron chi connectivity index (χ3n) is 9.88. The van der Waals surface area contributed by atoms with Crippen LogP contribution in [0.1, 0.15) is 47.9 Å². The van der Waals surface area contributed by atoms with Gasteiger partial charge in [0.1, 0.15) is 11.5 Å². The number of nitrogens with zero attached hydrogens (tertiary/aromatic N) is 7. The Labute approximate surface area is 284 Å². The van der Waals surface area contributed by atoms with Gasteiger partial charge in [-0.3, -0.25) is 0 Å². The van der Waals surface area contributed by atoms with Gasteiger partial charge in [-0.1, -0.05) is 97.1 Å². The van der Waals surface area contributed by atoms with Crippen LogP contribution in [0.25, 0.3) is 0 Å². The molecule has 0 bridgehead atoms. The van der Waals surface area contributed by atoms with Gasteiger partial charge < -0.3 is 9.05 Å². The Morgan fingerprint density at radius 1 is 0.479 bits per heavy atom. The lowest BCUT2D eigenvalue weighted by molar-refractivity contribution is 0.348. The maximum atomic E-state index is 7.37. The van der Waals surface area contributed by atoms with E-state index in [0.717, 1.165) is 63.4 Å². The van der Waals surface area contributed by atoms with Crippen LogP contribution in [-0.4, -0.2) is 44.9 Å². The topological polar surface area (TPSA) is 68.5 Å². The number of benzene rings is 4. The summed E-state index contributed by atoms with van der Waals surface area (Å²) in [5, 5.41) is 0. The molecule has 5 heterocycles. The summed E-state index contributed by atoms with van der Waals surface area (Å²) in [5.74, 6) is 1.77. The molecule has 0 saturated carbocycles. The molecule has 5 aliphatic rings. The second-order valence-electron chi connectivity index (χ2n) is 13.2. The van der Waals surface area contributed by atoms with E-state index in [9.17, 15) is 0 Å². The zero-order chi connectivity index (χ0) is 32.0. The lowest BCUT2D eigenvalue weighted by Crippen LogP contribution is -2.34. The van der Waals surface area contributed by atoms with Crippen molar-refractivity contribution < 1.29 is 9.05 Å². The predicted octanol–water partition coefficient (Wildman–Crippen LogP) is 10.2. The summed E-state index contributed by atoms with van der Waals surface area (Å²) >= 11 is 0. The van der Waals surface area contributed by atoms with Crippen molar-refractivity contribution in [3.05, 3.63) is 131 Å². The molecule has 9 rings (SSSR count). The molecule has 0 amide bonds. The van der Waals surface area contributed by atoms with Gasteiger partial charge in [0.2, 0.25) is 7.51 Å². The Kier molecular flexibility index (Phi) is 8.22. The fourth-order valence-electron chi connectivity index (χ4n) is 7.45. The smallest absolute Gasteiger partial charge is 0.336 e. The Morgan fingerprint density at radius 3 is 1.38 bits per heavy atom. The maximum absolute atomic E-state index is 7.37. The Balaban J connectivity index is 1.34. The number of fused-ring (bicyclic) bond motifs is 2.